The lowest BCUT2D eigenvalue weighted by Gasteiger charge is -2.34. The SMILES string of the molecule is COc1ccc(C)cc1NC(=O)C1(C(N)=S)CCCCC1. The van der Waals surface area contributed by atoms with Crippen molar-refractivity contribution in [3.8, 4) is 5.75 Å². The molecular formula is C16H22N2O2S. The fraction of sp³-hybridized carbons (Fsp3) is 0.500. The van der Waals surface area contributed by atoms with E-state index in [0.717, 1.165) is 37.7 Å². The van der Waals surface area contributed by atoms with Gasteiger partial charge in [-0.1, -0.05) is 37.5 Å². The number of methoxy groups -OCH3 is 1. The monoisotopic (exact) mass is 306 g/mol. The zero-order valence-corrected chi connectivity index (χ0v) is 13.4. The molecule has 0 saturated heterocycles. The van der Waals surface area contributed by atoms with Gasteiger partial charge in [-0.25, -0.2) is 0 Å². The molecule has 3 N–H and O–H groups in total. The standard InChI is InChI=1S/C16H22N2O2S/c1-11-6-7-13(20-2)12(10-11)18-15(19)16(14(17)21)8-4-3-5-9-16/h6-7,10H,3-5,8-9H2,1-2H3,(H2,17,21)(H,18,19). The summed E-state index contributed by atoms with van der Waals surface area (Å²) >= 11 is 5.19. The van der Waals surface area contributed by atoms with Gasteiger partial charge in [0.05, 0.1) is 23.2 Å². The average molecular weight is 306 g/mol. The highest BCUT2D eigenvalue weighted by atomic mass is 32.1. The molecule has 1 saturated carbocycles. The van der Waals surface area contributed by atoms with Gasteiger partial charge in [0, 0.05) is 0 Å². The molecule has 0 bridgehead atoms. The van der Waals surface area contributed by atoms with E-state index in [9.17, 15) is 4.79 Å². The second-order valence-electron chi connectivity index (χ2n) is 5.66. The molecule has 0 spiro atoms. The number of nitrogens with two attached hydrogens (primary N) is 1. The van der Waals surface area contributed by atoms with Gasteiger partial charge >= 0.3 is 0 Å². The number of aryl methyl sites for hydroxylation is 1. The number of anilines is 1. The Hall–Kier alpha value is -1.62. The van der Waals surface area contributed by atoms with Crippen LogP contribution in [0.4, 0.5) is 5.69 Å². The molecule has 0 unspecified atom stereocenters. The fourth-order valence-corrected chi connectivity index (χ4v) is 3.20. The third kappa shape index (κ3) is 3.18. The number of ether oxygens (including phenoxy) is 1. The van der Waals surface area contributed by atoms with Crippen molar-refractivity contribution in [2.45, 2.75) is 39.0 Å². The number of carbonyl (C=O) groups is 1. The number of nitrogens with one attached hydrogen (secondary N) is 1. The number of rotatable bonds is 4. The van der Waals surface area contributed by atoms with E-state index in [1.165, 1.54) is 0 Å². The molecule has 1 aliphatic rings. The van der Waals surface area contributed by atoms with Gasteiger partial charge in [-0.2, -0.15) is 0 Å². The van der Waals surface area contributed by atoms with E-state index in [2.05, 4.69) is 5.32 Å². The lowest BCUT2D eigenvalue weighted by atomic mass is 9.73. The zero-order valence-electron chi connectivity index (χ0n) is 12.6. The molecule has 1 amide bonds. The van der Waals surface area contributed by atoms with Gasteiger partial charge in [-0.3, -0.25) is 4.79 Å². The first-order valence-corrected chi connectivity index (χ1v) is 7.66. The maximum Gasteiger partial charge on any atom is 0.237 e. The quantitative estimate of drug-likeness (QED) is 0.839. The number of benzene rings is 1. The molecule has 1 aromatic rings. The summed E-state index contributed by atoms with van der Waals surface area (Å²) in [4.78, 5) is 13.1. The predicted molar refractivity (Wildman–Crippen MR) is 88.7 cm³/mol. The van der Waals surface area contributed by atoms with E-state index < -0.39 is 5.41 Å². The maximum atomic E-state index is 12.8. The minimum Gasteiger partial charge on any atom is -0.495 e. The molecule has 0 radical (unpaired) electrons. The summed E-state index contributed by atoms with van der Waals surface area (Å²) in [5.74, 6) is 0.529. The Bertz CT molecular complexity index is 551. The van der Waals surface area contributed by atoms with Crippen molar-refractivity contribution in [3.63, 3.8) is 0 Å². The van der Waals surface area contributed by atoms with E-state index in [0.29, 0.717) is 16.4 Å². The molecule has 5 heteroatoms. The second kappa shape index (κ2) is 6.43. The van der Waals surface area contributed by atoms with Gasteiger partial charge < -0.3 is 15.8 Å². The van der Waals surface area contributed by atoms with E-state index in [4.69, 9.17) is 22.7 Å². The van der Waals surface area contributed by atoms with Crippen LogP contribution in [0.25, 0.3) is 0 Å². The Morgan fingerprint density at radius 3 is 2.57 bits per heavy atom. The second-order valence-corrected chi connectivity index (χ2v) is 6.10. The van der Waals surface area contributed by atoms with E-state index >= 15 is 0 Å². The van der Waals surface area contributed by atoms with Gasteiger partial charge in [0.1, 0.15) is 5.75 Å². The molecule has 21 heavy (non-hydrogen) atoms. The molecular weight excluding hydrogens is 284 g/mol. The van der Waals surface area contributed by atoms with Crippen molar-refractivity contribution in [1.29, 1.82) is 0 Å². The summed E-state index contributed by atoms with van der Waals surface area (Å²) in [6.07, 6.45) is 4.54. The Labute approximate surface area is 131 Å². The molecule has 1 aromatic carbocycles. The maximum absolute atomic E-state index is 12.8. The number of amides is 1. The van der Waals surface area contributed by atoms with Crippen LogP contribution in [0, 0.1) is 12.3 Å². The van der Waals surface area contributed by atoms with Crippen LogP contribution >= 0.6 is 12.2 Å². The van der Waals surface area contributed by atoms with Crippen LogP contribution in [0.15, 0.2) is 18.2 Å². The minimum absolute atomic E-state index is 0.112. The van der Waals surface area contributed by atoms with Gasteiger partial charge in [-0.15, -0.1) is 0 Å². The summed E-state index contributed by atoms with van der Waals surface area (Å²) < 4.78 is 5.30. The van der Waals surface area contributed by atoms with Crippen LogP contribution in [-0.4, -0.2) is 18.0 Å². The minimum atomic E-state index is -0.720. The largest absolute Gasteiger partial charge is 0.495 e. The number of thiocarbonyl (C=S) groups is 1. The molecule has 4 nitrogen and oxygen atoms in total. The van der Waals surface area contributed by atoms with Crippen molar-refractivity contribution >= 4 is 28.8 Å². The van der Waals surface area contributed by atoms with Crippen LogP contribution in [0.1, 0.15) is 37.7 Å². The predicted octanol–water partition coefficient (Wildman–Crippen LogP) is 3.18. The summed E-state index contributed by atoms with van der Waals surface area (Å²) in [5.41, 5.74) is 6.90. The molecule has 0 aromatic heterocycles. The van der Waals surface area contributed by atoms with Gasteiger partial charge in [0.25, 0.3) is 0 Å². The fourth-order valence-electron chi connectivity index (χ4n) is 2.90. The molecule has 0 aliphatic heterocycles. The van der Waals surface area contributed by atoms with Crippen molar-refractivity contribution in [1.82, 2.24) is 0 Å². The van der Waals surface area contributed by atoms with E-state index in [1.54, 1.807) is 7.11 Å². The smallest absolute Gasteiger partial charge is 0.237 e. The highest BCUT2D eigenvalue weighted by Crippen LogP contribution is 2.38. The van der Waals surface area contributed by atoms with Crippen LogP contribution < -0.4 is 15.8 Å². The van der Waals surface area contributed by atoms with E-state index in [1.807, 2.05) is 25.1 Å². The zero-order chi connectivity index (χ0) is 15.5. The van der Waals surface area contributed by atoms with Crippen LogP contribution in [0.5, 0.6) is 5.75 Å². The first-order chi connectivity index (χ1) is 9.99. The van der Waals surface area contributed by atoms with Gasteiger partial charge in [-0.05, 0) is 37.5 Å². The first kappa shape index (κ1) is 15.8. The molecule has 0 atom stereocenters. The van der Waals surface area contributed by atoms with Crippen LogP contribution in [-0.2, 0) is 4.79 Å². The topological polar surface area (TPSA) is 64.3 Å². The van der Waals surface area contributed by atoms with E-state index in [-0.39, 0.29) is 5.91 Å². The lowest BCUT2D eigenvalue weighted by molar-refractivity contribution is -0.123. The highest BCUT2D eigenvalue weighted by molar-refractivity contribution is 7.80. The summed E-state index contributed by atoms with van der Waals surface area (Å²) in [6, 6.07) is 5.69. The van der Waals surface area contributed by atoms with Crippen molar-refractivity contribution in [2.24, 2.45) is 11.1 Å². The normalized spacial score (nSPS) is 17.0. The average Bonchev–Trinajstić information content (AvgIpc) is 2.48. The Morgan fingerprint density at radius 2 is 2.00 bits per heavy atom. The molecule has 1 fully saturated rings. The van der Waals surface area contributed by atoms with Gasteiger partial charge in [0.15, 0.2) is 0 Å². The Balaban J connectivity index is 2.27. The first-order valence-electron chi connectivity index (χ1n) is 7.25. The lowest BCUT2D eigenvalue weighted by Crippen LogP contribution is -2.47. The summed E-state index contributed by atoms with van der Waals surface area (Å²) in [5, 5.41) is 2.96. The molecule has 2 rings (SSSR count). The Kier molecular flexibility index (Phi) is 4.83. The van der Waals surface area contributed by atoms with Crippen molar-refractivity contribution < 1.29 is 9.53 Å². The number of carbonyl (C=O) groups excluding carboxylic acids is 1. The third-order valence-corrected chi connectivity index (χ3v) is 4.61. The Morgan fingerprint density at radius 1 is 1.33 bits per heavy atom. The summed E-state index contributed by atoms with van der Waals surface area (Å²) in [6.45, 7) is 1.97. The number of hydrogen-bond acceptors (Lipinski definition) is 3. The summed E-state index contributed by atoms with van der Waals surface area (Å²) in [7, 11) is 1.59. The molecule has 0 heterocycles. The van der Waals surface area contributed by atoms with Crippen molar-refractivity contribution in [2.75, 3.05) is 12.4 Å². The van der Waals surface area contributed by atoms with Crippen LogP contribution in [0.3, 0.4) is 0 Å². The number of hydrogen-bond donors (Lipinski definition) is 2. The highest BCUT2D eigenvalue weighted by Gasteiger charge is 2.42. The third-order valence-electron chi connectivity index (χ3n) is 4.22. The van der Waals surface area contributed by atoms with Crippen LogP contribution in [0.2, 0.25) is 0 Å². The van der Waals surface area contributed by atoms with Gasteiger partial charge in [0.2, 0.25) is 5.91 Å². The molecule has 114 valence electrons. The molecule has 1 aliphatic carbocycles. The van der Waals surface area contributed by atoms with Crippen molar-refractivity contribution in [3.05, 3.63) is 23.8 Å².